The van der Waals surface area contributed by atoms with E-state index in [4.69, 9.17) is 9.47 Å². The Kier molecular flexibility index (Phi) is 4.82. The number of hydrogen-bond acceptors (Lipinski definition) is 5. The van der Waals surface area contributed by atoms with Crippen LogP contribution < -0.4 is 10.1 Å². The lowest BCUT2D eigenvalue weighted by Crippen LogP contribution is -2.54. The molecule has 0 saturated carbocycles. The van der Waals surface area contributed by atoms with Crippen LogP contribution in [-0.4, -0.2) is 40.7 Å². The summed E-state index contributed by atoms with van der Waals surface area (Å²) in [6.07, 6.45) is -2.87. The van der Waals surface area contributed by atoms with Crippen molar-refractivity contribution in [1.29, 1.82) is 0 Å². The van der Waals surface area contributed by atoms with E-state index in [0.29, 0.717) is 11.4 Å². The van der Waals surface area contributed by atoms with Gasteiger partial charge in [0.25, 0.3) is 0 Å². The molecule has 0 aromatic heterocycles. The number of anilines is 1. The second kappa shape index (κ2) is 6.43. The van der Waals surface area contributed by atoms with Crippen LogP contribution in [0.25, 0.3) is 0 Å². The molecule has 6 nitrogen and oxygen atoms in total. The Morgan fingerprint density at radius 1 is 1.19 bits per heavy atom. The highest BCUT2D eigenvalue weighted by atomic mass is 16.7. The molecule has 2 rings (SSSR count). The number of nitrogens with one attached hydrogen (secondary N) is 1. The van der Waals surface area contributed by atoms with Gasteiger partial charge in [0.05, 0.1) is 12.2 Å². The van der Waals surface area contributed by atoms with E-state index < -0.39 is 24.6 Å². The number of carbonyl (C=O) groups is 1. The Balaban J connectivity index is 2.02. The van der Waals surface area contributed by atoms with E-state index in [0.717, 1.165) is 0 Å². The molecule has 116 valence electrons. The Hall–Kier alpha value is -1.63. The normalized spacial score (nSPS) is 32.5. The van der Waals surface area contributed by atoms with E-state index in [1.807, 2.05) is 0 Å². The quantitative estimate of drug-likeness (QED) is 0.778. The van der Waals surface area contributed by atoms with Crippen molar-refractivity contribution < 1.29 is 24.5 Å². The zero-order valence-corrected chi connectivity index (χ0v) is 12.3. The molecule has 0 spiro atoms. The largest absolute Gasteiger partial charge is 0.462 e. The van der Waals surface area contributed by atoms with Gasteiger partial charge in [0.15, 0.2) is 0 Å². The van der Waals surface area contributed by atoms with Crippen LogP contribution in [0.3, 0.4) is 0 Å². The molecule has 5 atom stereocenters. The lowest BCUT2D eigenvalue weighted by atomic mass is 9.91. The summed E-state index contributed by atoms with van der Waals surface area (Å²) < 4.78 is 11.1. The molecule has 1 aromatic carbocycles. The second-order valence-electron chi connectivity index (χ2n) is 5.37. The van der Waals surface area contributed by atoms with Crippen LogP contribution in [-0.2, 0) is 9.53 Å². The molecule has 1 amide bonds. The minimum Gasteiger partial charge on any atom is -0.462 e. The zero-order chi connectivity index (χ0) is 15.6. The fourth-order valence-electron chi connectivity index (χ4n) is 2.30. The molecule has 0 aliphatic carbocycles. The van der Waals surface area contributed by atoms with Gasteiger partial charge in [-0.2, -0.15) is 0 Å². The maximum atomic E-state index is 10.9. The highest BCUT2D eigenvalue weighted by Gasteiger charge is 2.41. The standard InChI is InChI=1S/C15H21NO5/c1-8-13(18)9(2)20-15(14(8)19)21-12-6-4-11(5-7-12)16-10(3)17/h4-9,13-15,18-19H,1-3H3,(H,16,17)/t8?,9-,13?,14+,15?/m0/s1. The van der Waals surface area contributed by atoms with E-state index in [2.05, 4.69) is 5.32 Å². The molecule has 1 aliphatic rings. The van der Waals surface area contributed by atoms with Crippen molar-refractivity contribution in [2.45, 2.75) is 45.4 Å². The van der Waals surface area contributed by atoms with Crippen LogP contribution in [0.1, 0.15) is 20.8 Å². The van der Waals surface area contributed by atoms with Crippen LogP contribution in [0.4, 0.5) is 5.69 Å². The van der Waals surface area contributed by atoms with Crippen molar-refractivity contribution in [3.8, 4) is 5.75 Å². The van der Waals surface area contributed by atoms with Crippen molar-refractivity contribution >= 4 is 11.6 Å². The molecular weight excluding hydrogens is 274 g/mol. The Labute approximate surface area is 123 Å². The molecule has 3 N–H and O–H groups in total. The van der Waals surface area contributed by atoms with Crippen molar-refractivity contribution in [2.75, 3.05) is 5.32 Å². The van der Waals surface area contributed by atoms with Crippen LogP contribution in [0.15, 0.2) is 24.3 Å². The van der Waals surface area contributed by atoms with Gasteiger partial charge >= 0.3 is 0 Å². The molecular formula is C15H21NO5. The third-order valence-corrected chi connectivity index (χ3v) is 3.61. The Bertz CT molecular complexity index is 489. The van der Waals surface area contributed by atoms with Gasteiger partial charge in [0.2, 0.25) is 12.2 Å². The van der Waals surface area contributed by atoms with Gasteiger partial charge in [-0.05, 0) is 31.2 Å². The van der Waals surface area contributed by atoms with Crippen LogP contribution in [0, 0.1) is 5.92 Å². The van der Waals surface area contributed by atoms with E-state index in [-0.39, 0.29) is 11.8 Å². The molecule has 1 aliphatic heterocycles. The van der Waals surface area contributed by atoms with Crippen molar-refractivity contribution in [3.05, 3.63) is 24.3 Å². The fraction of sp³-hybridized carbons (Fsp3) is 0.533. The molecule has 21 heavy (non-hydrogen) atoms. The van der Waals surface area contributed by atoms with Gasteiger partial charge < -0.3 is 25.0 Å². The third-order valence-electron chi connectivity index (χ3n) is 3.61. The summed E-state index contributed by atoms with van der Waals surface area (Å²) in [5.74, 6) is 0.0349. The van der Waals surface area contributed by atoms with Gasteiger partial charge in [-0.3, -0.25) is 4.79 Å². The smallest absolute Gasteiger partial charge is 0.226 e. The van der Waals surface area contributed by atoms with Crippen molar-refractivity contribution in [2.24, 2.45) is 5.92 Å². The first-order chi connectivity index (χ1) is 9.88. The predicted molar refractivity (Wildman–Crippen MR) is 76.9 cm³/mol. The van der Waals surface area contributed by atoms with E-state index >= 15 is 0 Å². The van der Waals surface area contributed by atoms with Gasteiger partial charge in [0.1, 0.15) is 11.9 Å². The minimum absolute atomic E-state index is 0.147. The molecule has 1 saturated heterocycles. The topological polar surface area (TPSA) is 88.0 Å². The Morgan fingerprint density at radius 2 is 1.81 bits per heavy atom. The van der Waals surface area contributed by atoms with Gasteiger partial charge in [-0.25, -0.2) is 0 Å². The average molecular weight is 295 g/mol. The molecule has 0 bridgehead atoms. The van der Waals surface area contributed by atoms with Gasteiger partial charge in [-0.1, -0.05) is 6.92 Å². The summed E-state index contributed by atoms with van der Waals surface area (Å²) in [6.45, 7) is 4.93. The Morgan fingerprint density at radius 3 is 2.38 bits per heavy atom. The molecule has 3 unspecified atom stereocenters. The summed E-state index contributed by atoms with van der Waals surface area (Å²) >= 11 is 0. The number of rotatable bonds is 3. The summed E-state index contributed by atoms with van der Waals surface area (Å²) in [6, 6.07) is 6.77. The van der Waals surface area contributed by atoms with Gasteiger partial charge in [-0.15, -0.1) is 0 Å². The number of aliphatic hydroxyl groups excluding tert-OH is 2. The highest BCUT2D eigenvalue weighted by molar-refractivity contribution is 5.88. The first-order valence-corrected chi connectivity index (χ1v) is 6.94. The van der Waals surface area contributed by atoms with Crippen molar-refractivity contribution in [1.82, 2.24) is 0 Å². The van der Waals surface area contributed by atoms with Crippen LogP contribution >= 0.6 is 0 Å². The fourth-order valence-corrected chi connectivity index (χ4v) is 2.30. The number of amides is 1. The summed E-state index contributed by atoms with van der Waals surface area (Å²) in [5, 5.41) is 22.6. The molecule has 6 heteroatoms. The summed E-state index contributed by atoms with van der Waals surface area (Å²) in [7, 11) is 0. The van der Waals surface area contributed by atoms with Crippen LogP contribution in [0.5, 0.6) is 5.75 Å². The lowest BCUT2D eigenvalue weighted by Gasteiger charge is -2.39. The monoisotopic (exact) mass is 295 g/mol. The summed E-state index contributed by atoms with van der Waals surface area (Å²) in [5.41, 5.74) is 0.664. The van der Waals surface area contributed by atoms with Gasteiger partial charge in [0, 0.05) is 18.5 Å². The SMILES string of the molecule is CC(=O)Nc1ccc(OC2O[C@@H](C)C(O)C(C)[C@H]2O)cc1. The number of aliphatic hydroxyl groups is 2. The maximum Gasteiger partial charge on any atom is 0.226 e. The molecule has 0 radical (unpaired) electrons. The zero-order valence-electron chi connectivity index (χ0n) is 12.3. The summed E-state index contributed by atoms with van der Waals surface area (Å²) in [4.78, 5) is 10.9. The van der Waals surface area contributed by atoms with Crippen LogP contribution in [0.2, 0.25) is 0 Å². The highest BCUT2D eigenvalue weighted by Crippen LogP contribution is 2.28. The van der Waals surface area contributed by atoms with E-state index in [9.17, 15) is 15.0 Å². The minimum atomic E-state index is -0.911. The number of ether oxygens (including phenoxy) is 2. The number of carbonyl (C=O) groups excluding carboxylic acids is 1. The molecule has 1 heterocycles. The lowest BCUT2D eigenvalue weighted by molar-refractivity contribution is -0.250. The maximum absolute atomic E-state index is 10.9. The molecule has 1 fully saturated rings. The second-order valence-corrected chi connectivity index (χ2v) is 5.37. The first kappa shape index (κ1) is 15.8. The predicted octanol–water partition coefficient (Wildman–Crippen LogP) is 1.13. The number of hydrogen-bond donors (Lipinski definition) is 3. The van der Waals surface area contributed by atoms with E-state index in [1.165, 1.54) is 6.92 Å². The third kappa shape index (κ3) is 3.72. The number of benzene rings is 1. The van der Waals surface area contributed by atoms with E-state index in [1.54, 1.807) is 38.1 Å². The first-order valence-electron chi connectivity index (χ1n) is 6.94. The average Bonchev–Trinajstić information content (AvgIpc) is 2.44. The molecule has 1 aromatic rings. The van der Waals surface area contributed by atoms with Crippen molar-refractivity contribution in [3.63, 3.8) is 0 Å².